The lowest BCUT2D eigenvalue weighted by molar-refractivity contribution is -0.139. The van der Waals surface area contributed by atoms with Gasteiger partial charge in [-0.15, -0.1) is 0 Å². The van der Waals surface area contributed by atoms with E-state index in [2.05, 4.69) is 17.4 Å². The van der Waals surface area contributed by atoms with Crippen LogP contribution < -0.4 is 5.32 Å². The fraction of sp³-hybridized carbons (Fsp3) is 0.550. The molecule has 0 radical (unpaired) electrons. The molecule has 0 saturated carbocycles. The Kier molecular flexibility index (Phi) is 7.12. The van der Waals surface area contributed by atoms with Crippen LogP contribution in [0.15, 0.2) is 42.5 Å². The Morgan fingerprint density at radius 3 is 2.64 bits per heavy atom. The lowest BCUT2D eigenvalue weighted by Crippen LogP contribution is -2.30. The summed E-state index contributed by atoms with van der Waals surface area (Å²) in [4.78, 5) is 11.0. The summed E-state index contributed by atoms with van der Waals surface area (Å²) in [6.07, 6.45) is 6.98. The number of aliphatic hydroxyl groups excluding tert-OH is 1. The number of unbranched alkanes of at least 4 members (excludes halogenated alkanes) is 2. The van der Waals surface area contributed by atoms with Crippen LogP contribution in [0.4, 0.5) is 8.78 Å². The van der Waals surface area contributed by atoms with E-state index in [1.165, 1.54) is 17.7 Å². The molecule has 1 aliphatic rings. The summed E-state index contributed by atoms with van der Waals surface area (Å²) >= 11 is 0. The molecule has 25 heavy (non-hydrogen) atoms. The fourth-order valence-electron chi connectivity index (χ4n) is 3.04. The van der Waals surface area contributed by atoms with Crippen molar-refractivity contribution in [1.82, 2.24) is 5.32 Å². The molecule has 1 aromatic rings. The van der Waals surface area contributed by atoms with E-state index < -0.39 is 30.4 Å². The van der Waals surface area contributed by atoms with Crippen molar-refractivity contribution in [3.05, 3.63) is 48.0 Å². The minimum absolute atomic E-state index is 0.0607. The van der Waals surface area contributed by atoms with Crippen molar-refractivity contribution in [2.45, 2.75) is 63.5 Å². The quantitative estimate of drug-likeness (QED) is 0.524. The zero-order valence-corrected chi connectivity index (χ0v) is 14.6. The van der Waals surface area contributed by atoms with Crippen LogP contribution in [-0.2, 0) is 11.2 Å². The molecule has 1 saturated heterocycles. The van der Waals surface area contributed by atoms with Crippen molar-refractivity contribution >= 4 is 5.91 Å². The molecule has 3 atom stereocenters. The topological polar surface area (TPSA) is 49.3 Å². The number of alkyl halides is 2. The van der Waals surface area contributed by atoms with E-state index in [1.807, 2.05) is 25.1 Å². The molecule has 5 heteroatoms. The maximum Gasteiger partial charge on any atom is 0.326 e. The van der Waals surface area contributed by atoms with E-state index in [0.29, 0.717) is 0 Å². The average Bonchev–Trinajstić information content (AvgIpc) is 2.85. The Morgan fingerprint density at radius 1 is 1.28 bits per heavy atom. The molecule has 2 rings (SSSR count). The maximum absolute atomic E-state index is 13.1. The molecule has 1 fully saturated rings. The molecule has 0 unspecified atom stereocenters. The second-order valence-electron chi connectivity index (χ2n) is 6.93. The Hall–Kier alpha value is -1.75. The second-order valence-corrected chi connectivity index (χ2v) is 6.93. The van der Waals surface area contributed by atoms with E-state index in [0.717, 1.165) is 32.1 Å². The Labute approximate surface area is 148 Å². The first-order chi connectivity index (χ1) is 11.9. The first-order valence-corrected chi connectivity index (χ1v) is 8.97. The summed E-state index contributed by atoms with van der Waals surface area (Å²) < 4.78 is 26.2. The lowest BCUT2D eigenvalue weighted by atomic mass is 9.95. The van der Waals surface area contributed by atoms with Crippen LogP contribution in [0, 0.1) is 5.92 Å². The summed E-state index contributed by atoms with van der Waals surface area (Å²) in [5.74, 6) is -4.47. The molecular weight excluding hydrogens is 324 g/mol. The van der Waals surface area contributed by atoms with Crippen LogP contribution in [0.1, 0.15) is 44.6 Å². The van der Waals surface area contributed by atoms with Crippen molar-refractivity contribution in [3.8, 4) is 0 Å². The van der Waals surface area contributed by atoms with E-state index in [9.17, 15) is 18.7 Å². The number of carbonyl (C=O) groups excluding carboxylic acids is 1. The highest BCUT2D eigenvalue weighted by Gasteiger charge is 2.47. The van der Waals surface area contributed by atoms with Crippen molar-refractivity contribution < 1.29 is 18.7 Å². The predicted octanol–water partition coefficient (Wildman–Crippen LogP) is 3.87. The monoisotopic (exact) mass is 351 g/mol. The van der Waals surface area contributed by atoms with Crippen LogP contribution in [0.5, 0.6) is 0 Å². The van der Waals surface area contributed by atoms with Gasteiger partial charge in [0.25, 0.3) is 5.91 Å². The zero-order chi connectivity index (χ0) is 18.3. The van der Waals surface area contributed by atoms with Crippen LogP contribution >= 0.6 is 0 Å². The van der Waals surface area contributed by atoms with Crippen molar-refractivity contribution in [2.24, 2.45) is 5.92 Å². The second kappa shape index (κ2) is 9.09. The number of benzene rings is 1. The van der Waals surface area contributed by atoms with Gasteiger partial charge in [-0.3, -0.25) is 4.79 Å². The minimum Gasteiger partial charge on any atom is -0.389 e. The third-order valence-corrected chi connectivity index (χ3v) is 4.72. The largest absolute Gasteiger partial charge is 0.389 e. The molecule has 1 amide bonds. The van der Waals surface area contributed by atoms with E-state index in [4.69, 9.17) is 0 Å². The summed E-state index contributed by atoms with van der Waals surface area (Å²) in [6, 6.07) is 9.66. The first kappa shape index (κ1) is 19.6. The molecule has 0 aromatic heterocycles. The molecule has 3 nitrogen and oxygen atoms in total. The average molecular weight is 351 g/mol. The SMILES string of the molecule is C[C@H](CCCCCc1ccccc1)[C@H](O)/C=C/[C@H]1CC(F)(F)C(=O)N1. The molecule has 2 N–H and O–H groups in total. The summed E-state index contributed by atoms with van der Waals surface area (Å²) in [6.45, 7) is 1.95. The van der Waals surface area contributed by atoms with E-state index in [-0.39, 0.29) is 5.92 Å². The van der Waals surface area contributed by atoms with E-state index in [1.54, 1.807) is 0 Å². The van der Waals surface area contributed by atoms with Gasteiger partial charge in [0.2, 0.25) is 0 Å². The number of hydrogen-bond acceptors (Lipinski definition) is 2. The Morgan fingerprint density at radius 2 is 2.00 bits per heavy atom. The summed E-state index contributed by atoms with van der Waals surface area (Å²) in [5, 5.41) is 12.3. The zero-order valence-electron chi connectivity index (χ0n) is 14.6. The normalized spacial score (nSPS) is 22.1. The number of amides is 1. The van der Waals surface area contributed by atoms with Crippen molar-refractivity contribution in [3.63, 3.8) is 0 Å². The van der Waals surface area contributed by atoms with Crippen molar-refractivity contribution in [2.75, 3.05) is 0 Å². The number of hydrogen-bond donors (Lipinski definition) is 2. The number of rotatable bonds is 9. The minimum atomic E-state index is -3.30. The van der Waals surface area contributed by atoms with Crippen LogP contribution in [0.25, 0.3) is 0 Å². The van der Waals surface area contributed by atoms with Gasteiger partial charge in [0, 0.05) is 6.42 Å². The van der Waals surface area contributed by atoms with Gasteiger partial charge in [-0.2, -0.15) is 8.78 Å². The number of aliphatic hydroxyl groups is 1. The smallest absolute Gasteiger partial charge is 0.326 e. The van der Waals surface area contributed by atoms with Gasteiger partial charge in [0.15, 0.2) is 0 Å². The molecule has 0 bridgehead atoms. The molecule has 1 heterocycles. The summed E-state index contributed by atoms with van der Waals surface area (Å²) in [5.41, 5.74) is 1.34. The lowest BCUT2D eigenvalue weighted by Gasteiger charge is -2.16. The molecule has 138 valence electrons. The van der Waals surface area contributed by atoms with Gasteiger partial charge < -0.3 is 10.4 Å². The summed E-state index contributed by atoms with van der Waals surface area (Å²) in [7, 11) is 0. The predicted molar refractivity (Wildman–Crippen MR) is 94.4 cm³/mol. The fourth-order valence-corrected chi connectivity index (χ4v) is 3.04. The van der Waals surface area contributed by atoms with E-state index >= 15 is 0 Å². The number of carbonyl (C=O) groups is 1. The molecule has 0 spiro atoms. The van der Waals surface area contributed by atoms with Gasteiger partial charge in [-0.25, -0.2) is 0 Å². The highest BCUT2D eigenvalue weighted by atomic mass is 19.3. The Bertz CT molecular complexity index is 574. The maximum atomic E-state index is 13.1. The van der Waals surface area contributed by atoms with Gasteiger partial charge in [0.05, 0.1) is 12.1 Å². The van der Waals surface area contributed by atoms with Gasteiger partial charge in [-0.05, 0) is 30.7 Å². The molecule has 1 aliphatic heterocycles. The van der Waals surface area contributed by atoms with Crippen molar-refractivity contribution in [1.29, 1.82) is 0 Å². The Balaban J connectivity index is 1.62. The third-order valence-electron chi connectivity index (χ3n) is 4.72. The third kappa shape index (κ3) is 6.24. The highest BCUT2D eigenvalue weighted by molar-refractivity contribution is 5.86. The van der Waals surface area contributed by atoms with Crippen LogP contribution in [-0.4, -0.2) is 29.1 Å². The molecular formula is C20H27F2NO2. The number of halogens is 2. The molecule has 0 aliphatic carbocycles. The number of nitrogens with one attached hydrogen (secondary N) is 1. The van der Waals surface area contributed by atoms with Gasteiger partial charge >= 0.3 is 5.92 Å². The first-order valence-electron chi connectivity index (χ1n) is 8.97. The number of aryl methyl sites for hydroxylation is 1. The highest BCUT2D eigenvalue weighted by Crippen LogP contribution is 2.27. The van der Waals surface area contributed by atoms with Gasteiger partial charge in [-0.1, -0.05) is 62.2 Å². The van der Waals surface area contributed by atoms with Crippen LogP contribution in [0.2, 0.25) is 0 Å². The standard InChI is InChI=1S/C20H27F2NO2/c1-15(8-4-2-5-9-16-10-6-3-7-11-16)18(24)13-12-17-14-20(21,22)19(25)23-17/h3,6-7,10-13,15,17-18,24H,2,4-5,8-9,14H2,1H3,(H,23,25)/b13-12+/t15-,17+,18-/m1/s1. The van der Waals surface area contributed by atoms with Gasteiger partial charge in [0.1, 0.15) is 0 Å². The molecule has 1 aromatic carbocycles. The van der Waals surface area contributed by atoms with Crippen LogP contribution in [0.3, 0.4) is 0 Å².